The third-order valence-corrected chi connectivity index (χ3v) is 4.13. The molecule has 126 valence electrons. The van der Waals surface area contributed by atoms with Gasteiger partial charge in [0.1, 0.15) is 11.9 Å². The van der Waals surface area contributed by atoms with Crippen LogP contribution in [0.15, 0.2) is 42.5 Å². The van der Waals surface area contributed by atoms with E-state index in [0.29, 0.717) is 25.3 Å². The van der Waals surface area contributed by atoms with Crippen molar-refractivity contribution in [2.24, 2.45) is 5.73 Å². The van der Waals surface area contributed by atoms with Gasteiger partial charge in [-0.2, -0.15) is 0 Å². The van der Waals surface area contributed by atoms with Crippen molar-refractivity contribution in [1.82, 2.24) is 0 Å². The first-order valence-corrected chi connectivity index (χ1v) is 8.15. The van der Waals surface area contributed by atoms with E-state index in [1.807, 2.05) is 49.4 Å². The number of esters is 1. The van der Waals surface area contributed by atoms with E-state index in [1.165, 1.54) is 0 Å². The van der Waals surface area contributed by atoms with Crippen molar-refractivity contribution >= 4 is 17.3 Å². The summed E-state index contributed by atoms with van der Waals surface area (Å²) in [6.45, 7) is 5.14. The van der Waals surface area contributed by atoms with Gasteiger partial charge in [0.15, 0.2) is 0 Å². The molecule has 0 aliphatic carbocycles. The van der Waals surface area contributed by atoms with Gasteiger partial charge in [-0.15, -0.1) is 0 Å². The SMILES string of the molecule is CCOC(=O)c1cc(N2CC(CN)Oc3ccccc32)ccc1C. The molecule has 1 aliphatic heterocycles. The number of fused-ring (bicyclic) bond motifs is 1. The standard InChI is InChI=1S/C19H22N2O3/c1-3-23-19(22)16-10-14(9-8-13(16)2)21-12-15(11-20)24-18-7-5-4-6-17(18)21/h4-10,15H,3,11-12,20H2,1-2H3. The van der Waals surface area contributed by atoms with Crippen LogP contribution in [-0.4, -0.2) is 31.8 Å². The molecule has 5 heteroatoms. The van der Waals surface area contributed by atoms with Crippen LogP contribution in [0.25, 0.3) is 0 Å². The lowest BCUT2D eigenvalue weighted by atomic mass is 10.1. The highest BCUT2D eigenvalue weighted by Crippen LogP contribution is 2.38. The van der Waals surface area contributed by atoms with Gasteiger partial charge in [-0.05, 0) is 43.7 Å². The van der Waals surface area contributed by atoms with Crippen LogP contribution in [0.4, 0.5) is 11.4 Å². The number of benzene rings is 2. The van der Waals surface area contributed by atoms with Gasteiger partial charge < -0.3 is 20.1 Å². The molecule has 5 nitrogen and oxygen atoms in total. The first kappa shape index (κ1) is 16.3. The molecule has 24 heavy (non-hydrogen) atoms. The van der Waals surface area contributed by atoms with Crippen LogP contribution in [0.1, 0.15) is 22.8 Å². The summed E-state index contributed by atoms with van der Waals surface area (Å²) in [5, 5.41) is 0. The average molecular weight is 326 g/mol. The molecule has 0 bridgehead atoms. The number of carbonyl (C=O) groups is 1. The van der Waals surface area contributed by atoms with Crippen LogP contribution in [0, 0.1) is 6.92 Å². The molecular weight excluding hydrogens is 304 g/mol. The van der Waals surface area contributed by atoms with Crippen LogP contribution in [0.3, 0.4) is 0 Å². The largest absolute Gasteiger partial charge is 0.485 e. The Hall–Kier alpha value is -2.53. The minimum absolute atomic E-state index is 0.0905. The number of para-hydroxylation sites is 2. The molecule has 0 radical (unpaired) electrons. The second kappa shape index (κ2) is 6.93. The molecule has 3 rings (SSSR count). The Morgan fingerprint density at radius 3 is 2.88 bits per heavy atom. The maximum Gasteiger partial charge on any atom is 0.338 e. The minimum atomic E-state index is -0.297. The number of nitrogens with two attached hydrogens (primary N) is 1. The quantitative estimate of drug-likeness (QED) is 0.875. The molecule has 1 unspecified atom stereocenters. The van der Waals surface area contributed by atoms with Gasteiger partial charge in [-0.3, -0.25) is 0 Å². The zero-order valence-corrected chi connectivity index (χ0v) is 14.0. The van der Waals surface area contributed by atoms with E-state index in [4.69, 9.17) is 15.2 Å². The van der Waals surface area contributed by atoms with Crippen molar-refractivity contribution in [2.45, 2.75) is 20.0 Å². The van der Waals surface area contributed by atoms with E-state index in [2.05, 4.69) is 4.90 Å². The van der Waals surface area contributed by atoms with Crippen molar-refractivity contribution in [2.75, 3.05) is 24.6 Å². The molecule has 0 fully saturated rings. The first-order valence-electron chi connectivity index (χ1n) is 8.15. The summed E-state index contributed by atoms with van der Waals surface area (Å²) in [4.78, 5) is 14.3. The summed E-state index contributed by atoms with van der Waals surface area (Å²) in [5.41, 5.74) is 9.20. The van der Waals surface area contributed by atoms with Gasteiger partial charge in [0.05, 0.1) is 24.4 Å². The van der Waals surface area contributed by atoms with Gasteiger partial charge in [-0.25, -0.2) is 4.79 Å². The highest BCUT2D eigenvalue weighted by Gasteiger charge is 2.26. The number of hydrogen-bond donors (Lipinski definition) is 1. The Bertz CT molecular complexity index is 745. The number of carbonyl (C=O) groups excluding carboxylic acids is 1. The number of anilines is 2. The van der Waals surface area contributed by atoms with E-state index >= 15 is 0 Å². The molecule has 0 saturated carbocycles. The van der Waals surface area contributed by atoms with E-state index in [9.17, 15) is 4.79 Å². The third-order valence-electron chi connectivity index (χ3n) is 4.13. The second-order valence-corrected chi connectivity index (χ2v) is 5.77. The Labute approximate surface area is 142 Å². The van der Waals surface area contributed by atoms with Gasteiger partial charge in [0.25, 0.3) is 0 Å². The summed E-state index contributed by atoms with van der Waals surface area (Å²) in [5.74, 6) is 0.506. The van der Waals surface area contributed by atoms with Gasteiger partial charge in [-0.1, -0.05) is 18.2 Å². The van der Waals surface area contributed by atoms with E-state index < -0.39 is 0 Å². The van der Waals surface area contributed by atoms with Gasteiger partial charge >= 0.3 is 5.97 Å². The van der Waals surface area contributed by atoms with Crippen molar-refractivity contribution in [1.29, 1.82) is 0 Å². The highest BCUT2D eigenvalue weighted by atomic mass is 16.5. The maximum absolute atomic E-state index is 12.2. The second-order valence-electron chi connectivity index (χ2n) is 5.77. The molecule has 2 aromatic carbocycles. The molecule has 0 aromatic heterocycles. The molecular formula is C19H22N2O3. The van der Waals surface area contributed by atoms with E-state index in [1.54, 1.807) is 6.92 Å². The molecule has 1 aliphatic rings. The fraction of sp³-hybridized carbons (Fsp3) is 0.316. The number of rotatable bonds is 4. The fourth-order valence-corrected chi connectivity index (χ4v) is 2.87. The highest BCUT2D eigenvalue weighted by molar-refractivity contribution is 5.92. The topological polar surface area (TPSA) is 64.8 Å². The van der Waals surface area contributed by atoms with Crippen molar-refractivity contribution in [3.8, 4) is 5.75 Å². The fourth-order valence-electron chi connectivity index (χ4n) is 2.87. The Morgan fingerprint density at radius 1 is 1.33 bits per heavy atom. The summed E-state index contributed by atoms with van der Waals surface area (Å²) < 4.78 is 11.1. The van der Waals surface area contributed by atoms with E-state index in [0.717, 1.165) is 22.7 Å². The van der Waals surface area contributed by atoms with Crippen molar-refractivity contribution in [3.63, 3.8) is 0 Å². The number of nitrogens with zero attached hydrogens (tertiary/aromatic N) is 1. The summed E-state index contributed by atoms with van der Waals surface area (Å²) >= 11 is 0. The minimum Gasteiger partial charge on any atom is -0.485 e. The van der Waals surface area contributed by atoms with Crippen LogP contribution in [0.2, 0.25) is 0 Å². The Kier molecular flexibility index (Phi) is 4.71. The number of aryl methyl sites for hydroxylation is 1. The zero-order chi connectivity index (χ0) is 17.1. The van der Waals surface area contributed by atoms with Gasteiger partial charge in [0.2, 0.25) is 0 Å². The molecule has 0 spiro atoms. The summed E-state index contributed by atoms with van der Waals surface area (Å²) in [6.07, 6.45) is -0.0905. The third kappa shape index (κ3) is 3.08. The average Bonchev–Trinajstić information content (AvgIpc) is 2.61. The lowest BCUT2D eigenvalue weighted by Gasteiger charge is -2.36. The van der Waals surface area contributed by atoms with Crippen LogP contribution < -0.4 is 15.4 Å². The molecule has 1 atom stereocenters. The zero-order valence-electron chi connectivity index (χ0n) is 14.0. The van der Waals surface area contributed by atoms with Crippen LogP contribution in [-0.2, 0) is 4.74 Å². The van der Waals surface area contributed by atoms with Crippen LogP contribution in [0.5, 0.6) is 5.75 Å². The molecule has 1 heterocycles. The lowest BCUT2D eigenvalue weighted by molar-refractivity contribution is 0.0525. The monoisotopic (exact) mass is 326 g/mol. The smallest absolute Gasteiger partial charge is 0.338 e. The molecule has 2 aromatic rings. The predicted molar refractivity (Wildman–Crippen MR) is 94.1 cm³/mol. The Balaban J connectivity index is 2.02. The number of hydrogen-bond acceptors (Lipinski definition) is 5. The van der Waals surface area contributed by atoms with Crippen molar-refractivity contribution < 1.29 is 14.3 Å². The number of ether oxygens (including phenoxy) is 2. The van der Waals surface area contributed by atoms with Crippen molar-refractivity contribution in [3.05, 3.63) is 53.6 Å². The lowest BCUT2D eigenvalue weighted by Crippen LogP contribution is -2.41. The normalized spacial score (nSPS) is 16.3. The maximum atomic E-state index is 12.2. The summed E-state index contributed by atoms with van der Waals surface area (Å²) in [7, 11) is 0. The van der Waals surface area contributed by atoms with E-state index in [-0.39, 0.29) is 12.1 Å². The summed E-state index contributed by atoms with van der Waals surface area (Å²) in [6, 6.07) is 13.7. The molecule has 2 N–H and O–H groups in total. The molecule has 0 amide bonds. The predicted octanol–water partition coefficient (Wildman–Crippen LogP) is 3.03. The first-order chi connectivity index (χ1) is 11.6. The van der Waals surface area contributed by atoms with Crippen LogP contribution >= 0.6 is 0 Å². The molecule has 0 saturated heterocycles. The Morgan fingerprint density at radius 2 is 2.12 bits per heavy atom. The van der Waals surface area contributed by atoms with Gasteiger partial charge in [0, 0.05) is 12.2 Å².